The third-order valence-corrected chi connectivity index (χ3v) is 5.72. The average Bonchev–Trinajstić information content (AvgIpc) is 3.08. The zero-order chi connectivity index (χ0) is 18.5. The summed E-state index contributed by atoms with van der Waals surface area (Å²) in [7, 11) is 0. The first-order valence-electron chi connectivity index (χ1n) is 7.74. The fourth-order valence-corrected chi connectivity index (χ4v) is 4.25. The van der Waals surface area contributed by atoms with Crippen LogP contribution in [0.1, 0.15) is 17.9 Å². The van der Waals surface area contributed by atoms with Crippen molar-refractivity contribution in [3.8, 4) is 5.69 Å². The Labute approximate surface area is 159 Å². The maximum Gasteiger partial charge on any atom is 0.313 e. The van der Waals surface area contributed by atoms with E-state index >= 15 is 0 Å². The van der Waals surface area contributed by atoms with E-state index in [1.54, 1.807) is 16.7 Å². The Morgan fingerprint density at radius 3 is 2.62 bits per heavy atom. The number of aliphatic carboxylic acids is 1. The van der Waals surface area contributed by atoms with Crippen LogP contribution in [0, 0.1) is 0 Å². The molecule has 1 aliphatic carbocycles. The molecule has 0 saturated heterocycles. The Morgan fingerprint density at radius 1 is 1.27 bits per heavy atom. The Balaban J connectivity index is 1.85. The number of alkyl halides is 2. The van der Waals surface area contributed by atoms with E-state index in [2.05, 4.69) is 26.1 Å². The second kappa shape index (κ2) is 6.31. The van der Waals surface area contributed by atoms with Crippen molar-refractivity contribution < 1.29 is 18.7 Å². The highest BCUT2D eigenvalue weighted by molar-refractivity contribution is 9.10. The fourth-order valence-electron chi connectivity index (χ4n) is 3.03. The Morgan fingerprint density at radius 2 is 1.96 bits per heavy atom. The van der Waals surface area contributed by atoms with E-state index in [9.17, 15) is 13.6 Å². The van der Waals surface area contributed by atoms with Gasteiger partial charge in [0, 0.05) is 11.8 Å². The molecule has 1 saturated carbocycles. The van der Waals surface area contributed by atoms with Gasteiger partial charge in [0.25, 0.3) is 5.92 Å². The third kappa shape index (κ3) is 2.99. The smallest absolute Gasteiger partial charge is 0.313 e. The van der Waals surface area contributed by atoms with E-state index in [1.807, 2.05) is 24.3 Å². The second-order valence-electron chi connectivity index (χ2n) is 6.01. The van der Waals surface area contributed by atoms with Crippen molar-refractivity contribution in [1.82, 2.24) is 14.8 Å². The Bertz CT molecular complexity index is 1020. The highest BCUT2D eigenvalue weighted by atomic mass is 79.9. The van der Waals surface area contributed by atoms with Gasteiger partial charge in [0.15, 0.2) is 5.16 Å². The number of carboxylic acid groups (broad SMARTS) is 1. The van der Waals surface area contributed by atoms with Crippen molar-refractivity contribution in [3.05, 3.63) is 46.7 Å². The molecule has 0 spiro atoms. The number of thioether (sulfide) groups is 1. The topological polar surface area (TPSA) is 68.0 Å². The molecule has 1 aromatic heterocycles. The summed E-state index contributed by atoms with van der Waals surface area (Å²) in [5.74, 6) is -4.53. The molecule has 0 amide bonds. The molecule has 1 atom stereocenters. The van der Waals surface area contributed by atoms with Gasteiger partial charge in [-0.1, -0.05) is 42.1 Å². The summed E-state index contributed by atoms with van der Waals surface area (Å²) in [4.78, 5) is 10.9. The lowest BCUT2D eigenvalue weighted by molar-refractivity contribution is -0.133. The molecule has 2 aromatic carbocycles. The second-order valence-corrected chi connectivity index (χ2v) is 7.66. The van der Waals surface area contributed by atoms with Gasteiger partial charge in [-0.05, 0) is 32.9 Å². The predicted molar refractivity (Wildman–Crippen MR) is 97.2 cm³/mol. The quantitative estimate of drug-likeness (QED) is 0.593. The van der Waals surface area contributed by atoms with Gasteiger partial charge in [0.1, 0.15) is 0 Å². The zero-order valence-corrected chi connectivity index (χ0v) is 15.6. The number of hydrogen-bond acceptors (Lipinski definition) is 4. The maximum absolute atomic E-state index is 13.6. The van der Waals surface area contributed by atoms with Crippen LogP contribution in [0.25, 0.3) is 16.5 Å². The summed E-state index contributed by atoms with van der Waals surface area (Å²) in [6, 6.07) is 10.8. The molecular formula is C17H12BrF2N3O2S. The van der Waals surface area contributed by atoms with Crippen LogP contribution in [0.4, 0.5) is 8.78 Å². The first kappa shape index (κ1) is 17.4. The number of carboxylic acids is 1. The summed E-state index contributed by atoms with van der Waals surface area (Å²) < 4.78 is 29.3. The molecule has 1 unspecified atom stereocenters. The molecule has 4 rings (SSSR count). The van der Waals surface area contributed by atoms with Gasteiger partial charge in [-0.15, -0.1) is 10.2 Å². The van der Waals surface area contributed by atoms with Gasteiger partial charge in [-0.25, -0.2) is 8.78 Å². The lowest BCUT2D eigenvalue weighted by atomic mass is 9.99. The van der Waals surface area contributed by atoms with Crippen LogP contribution in [0.3, 0.4) is 0 Å². The minimum absolute atomic E-state index is 0.133. The van der Waals surface area contributed by atoms with Gasteiger partial charge in [0.2, 0.25) is 4.73 Å². The first-order valence-corrected chi connectivity index (χ1v) is 9.51. The van der Waals surface area contributed by atoms with Crippen LogP contribution in [0.2, 0.25) is 0 Å². The van der Waals surface area contributed by atoms with Crippen LogP contribution < -0.4 is 0 Å². The summed E-state index contributed by atoms with van der Waals surface area (Å²) in [6.45, 7) is 0. The zero-order valence-electron chi connectivity index (χ0n) is 13.2. The van der Waals surface area contributed by atoms with E-state index in [-0.39, 0.29) is 12.2 Å². The fraction of sp³-hybridized carbons (Fsp3) is 0.235. The van der Waals surface area contributed by atoms with Gasteiger partial charge < -0.3 is 5.11 Å². The lowest BCUT2D eigenvalue weighted by Crippen LogP contribution is -2.03. The normalized spacial score (nSPS) is 18.2. The number of aromatic nitrogens is 3. The van der Waals surface area contributed by atoms with E-state index in [0.717, 1.165) is 22.5 Å². The maximum atomic E-state index is 13.6. The van der Waals surface area contributed by atoms with E-state index in [1.165, 1.54) is 0 Å². The summed E-state index contributed by atoms with van der Waals surface area (Å²) in [6.07, 6.45) is -0.133. The number of fused-ring (bicyclic) bond motifs is 1. The van der Waals surface area contributed by atoms with E-state index in [0.29, 0.717) is 21.1 Å². The van der Waals surface area contributed by atoms with Crippen molar-refractivity contribution in [2.75, 3.05) is 5.75 Å². The van der Waals surface area contributed by atoms with Crippen molar-refractivity contribution in [2.45, 2.75) is 23.4 Å². The molecule has 1 N–H and O–H groups in total. The SMILES string of the molecule is O=C(O)CSc1nnc(Br)n1-c1ccc(C2CC2(F)F)c2ccccc12. The summed E-state index contributed by atoms with van der Waals surface area (Å²) in [5, 5.41) is 18.8. The molecule has 1 heterocycles. The average molecular weight is 440 g/mol. The van der Waals surface area contributed by atoms with Crippen LogP contribution in [-0.2, 0) is 4.79 Å². The van der Waals surface area contributed by atoms with Gasteiger partial charge in [-0.3, -0.25) is 9.36 Å². The standard InChI is InChI=1S/C17H12BrF2N3O2S/c18-15-21-22-16(26-8-14(24)25)23(15)13-6-5-10(12-7-17(12,19)20)9-3-1-2-4-11(9)13/h1-6,12H,7-8H2,(H,24,25). The van der Waals surface area contributed by atoms with Crippen LogP contribution >= 0.6 is 27.7 Å². The minimum atomic E-state index is -2.65. The number of hydrogen-bond donors (Lipinski definition) is 1. The number of rotatable bonds is 5. The molecule has 5 nitrogen and oxygen atoms in total. The van der Waals surface area contributed by atoms with Gasteiger partial charge in [0.05, 0.1) is 17.4 Å². The van der Waals surface area contributed by atoms with Crippen LogP contribution in [-0.4, -0.2) is 37.5 Å². The molecule has 9 heteroatoms. The van der Waals surface area contributed by atoms with Crippen LogP contribution in [0.15, 0.2) is 46.3 Å². The van der Waals surface area contributed by atoms with Crippen molar-refractivity contribution in [2.24, 2.45) is 0 Å². The van der Waals surface area contributed by atoms with Crippen molar-refractivity contribution in [1.29, 1.82) is 0 Å². The molecule has 26 heavy (non-hydrogen) atoms. The summed E-state index contributed by atoms with van der Waals surface area (Å²) >= 11 is 4.37. The molecule has 0 radical (unpaired) electrons. The van der Waals surface area contributed by atoms with Gasteiger partial charge in [-0.2, -0.15) is 0 Å². The molecule has 134 valence electrons. The minimum Gasteiger partial charge on any atom is -0.481 e. The largest absolute Gasteiger partial charge is 0.481 e. The molecule has 3 aromatic rings. The highest BCUT2D eigenvalue weighted by Gasteiger charge is 2.58. The van der Waals surface area contributed by atoms with Crippen LogP contribution in [0.5, 0.6) is 0 Å². The number of carbonyl (C=O) groups is 1. The molecule has 1 fully saturated rings. The van der Waals surface area contributed by atoms with Crippen molar-refractivity contribution >= 4 is 44.4 Å². The van der Waals surface area contributed by atoms with E-state index in [4.69, 9.17) is 5.11 Å². The first-order chi connectivity index (χ1) is 12.4. The molecule has 0 aliphatic heterocycles. The monoisotopic (exact) mass is 439 g/mol. The van der Waals surface area contributed by atoms with Crippen molar-refractivity contribution in [3.63, 3.8) is 0 Å². The third-order valence-electron chi connectivity index (χ3n) is 4.30. The number of benzene rings is 2. The summed E-state index contributed by atoms with van der Waals surface area (Å²) in [5.41, 5.74) is 1.33. The predicted octanol–water partition coefficient (Wildman–Crippen LogP) is 4.48. The molecule has 1 aliphatic rings. The Kier molecular flexibility index (Phi) is 4.23. The Hall–Kier alpha value is -2.00. The lowest BCUT2D eigenvalue weighted by Gasteiger charge is -2.13. The van der Waals surface area contributed by atoms with Gasteiger partial charge >= 0.3 is 5.97 Å². The molecular weight excluding hydrogens is 428 g/mol. The van der Waals surface area contributed by atoms with E-state index < -0.39 is 17.8 Å². The number of nitrogens with zero attached hydrogens (tertiary/aromatic N) is 3. The molecule has 0 bridgehead atoms. The number of halogens is 3. The highest BCUT2D eigenvalue weighted by Crippen LogP contribution is 2.57.